The van der Waals surface area contributed by atoms with E-state index in [1.54, 1.807) is 6.08 Å². The number of benzene rings is 3. The lowest BCUT2D eigenvalue weighted by molar-refractivity contribution is -0.134. The van der Waals surface area contributed by atoms with Crippen molar-refractivity contribution in [3.8, 4) is 0 Å². The molecule has 2 nitrogen and oxygen atoms in total. The molecule has 0 saturated heterocycles. The Kier molecular flexibility index (Phi) is 5.77. The number of methoxy groups -OCH3 is 1. The first-order valence-electron chi connectivity index (χ1n) is 8.04. The van der Waals surface area contributed by atoms with Crippen LogP contribution < -0.4 is 15.9 Å². The molecule has 3 rings (SSSR count). The predicted molar refractivity (Wildman–Crippen MR) is 106 cm³/mol. The lowest BCUT2D eigenvalue weighted by Crippen LogP contribution is -2.20. The Hall–Kier alpha value is -2.70. The number of hydrogen-bond donors (Lipinski definition) is 0. The van der Waals surface area contributed by atoms with Crippen LogP contribution in [0.15, 0.2) is 91.0 Å². The van der Waals surface area contributed by atoms with Crippen molar-refractivity contribution in [2.45, 2.75) is 0 Å². The van der Waals surface area contributed by atoms with E-state index >= 15 is 0 Å². The molecule has 0 saturated carbocycles. The van der Waals surface area contributed by atoms with E-state index < -0.39 is 7.92 Å². The van der Waals surface area contributed by atoms with Gasteiger partial charge in [0.2, 0.25) is 0 Å². The summed E-state index contributed by atoms with van der Waals surface area (Å²) >= 11 is 0. The second-order valence-electron chi connectivity index (χ2n) is 5.46. The highest BCUT2D eigenvalue weighted by atomic mass is 31.1. The lowest BCUT2D eigenvalue weighted by Gasteiger charge is -2.19. The van der Waals surface area contributed by atoms with Gasteiger partial charge in [-0.15, -0.1) is 0 Å². The monoisotopic (exact) mass is 346 g/mol. The van der Waals surface area contributed by atoms with Crippen LogP contribution in [0.4, 0.5) is 0 Å². The molecular formula is C22H19O2P. The van der Waals surface area contributed by atoms with Gasteiger partial charge in [0, 0.05) is 6.08 Å². The molecule has 0 aliphatic rings. The number of carbonyl (C=O) groups excluding carboxylic acids is 1. The van der Waals surface area contributed by atoms with Gasteiger partial charge in [-0.3, -0.25) is 0 Å². The van der Waals surface area contributed by atoms with E-state index in [0.29, 0.717) is 0 Å². The Balaban J connectivity index is 2.03. The summed E-state index contributed by atoms with van der Waals surface area (Å²) in [5.41, 5.74) is 0.988. The molecule has 0 heterocycles. The molecule has 0 aromatic heterocycles. The first-order valence-corrected chi connectivity index (χ1v) is 9.38. The van der Waals surface area contributed by atoms with Crippen molar-refractivity contribution in [2.75, 3.05) is 7.11 Å². The van der Waals surface area contributed by atoms with Crippen LogP contribution in [0.5, 0.6) is 0 Å². The Morgan fingerprint density at radius 3 is 1.92 bits per heavy atom. The van der Waals surface area contributed by atoms with Crippen molar-refractivity contribution in [3.05, 3.63) is 96.6 Å². The van der Waals surface area contributed by atoms with Crippen molar-refractivity contribution in [3.63, 3.8) is 0 Å². The summed E-state index contributed by atoms with van der Waals surface area (Å²) in [6.07, 6.45) is 3.24. The van der Waals surface area contributed by atoms with Gasteiger partial charge in [0.15, 0.2) is 0 Å². The summed E-state index contributed by atoms with van der Waals surface area (Å²) in [5, 5.41) is 3.86. The van der Waals surface area contributed by atoms with E-state index in [0.717, 1.165) is 5.56 Å². The van der Waals surface area contributed by atoms with Crippen LogP contribution in [0.2, 0.25) is 0 Å². The SMILES string of the molecule is COC(=O)/C=C\c1cccc(P(c2ccccc2)c2ccccc2)c1. The van der Waals surface area contributed by atoms with E-state index in [1.807, 2.05) is 24.3 Å². The van der Waals surface area contributed by atoms with Crippen LogP contribution in [0.3, 0.4) is 0 Å². The molecule has 0 N–H and O–H groups in total. The van der Waals surface area contributed by atoms with Crippen LogP contribution in [-0.4, -0.2) is 13.1 Å². The number of esters is 1. The van der Waals surface area contributed by atoms with Gasteiger partial charge in [0.25, 0.3) is 0 Å². The normalized spacial score (nSPS) is 11.0. The fraction of sp³-hybridized carbons (Fsp3) is 0.0455. The fourth-order valence-corrected chi connectivity index (χ4v) is 4.95. The molecule has 0 atom stereocenters. The van der Waals surface area contributed by atoms with Crippen LogP contribution >= 0.6 is 7.92 Å². The van der Waals surface area contributed by atoms with Crippen molar-refractivity contribution in [1.29, 1.82) is 0 Å². The molecule has 0 radical (unpaired) electrons. The summed E-state index contributed by atoms with van der Waals surface area (Å²) < 4.78 is 4.67. The molecule has 0 spiro atoms. The van der Waals surface area contributed by atoms with Gasteiger partial charge in [-0.05, 0) is 41.5 Å². The second kappa shape index (κ2) is 8.41. The van der Waals surface area contributed by atoms with E-state index in [2.05, 4.69) is 65.4 Å². The highest BCUT2D eigenvalue weighted by Crippen LogP contribution is 2.32. The molecule has 0 unspecified atom stereocenters. The standard InChI is InChI=1S/C22H19O2P/c1-24-22(23)16-15-18-9-8-14-21(17-18)25(19-10-4-2-5-11-19)20-12-6-3-7-13-20/h2-17H,1H3/b16-15-. The van der Waals surface area contributed by atoms with E-state index in [-0.39, 0.29) is 5.97 Å². The number of ether oxygens (including phenoxy) is 1. The number of carbonyl (C=O) groups is 1. The average molecular weight is 346 g/mol. The molecule has 3 aromatic rings. The average Bonchev–Trinajstić information content (AvgIpc) is 2.68. The van der Waals surface area contributed by atoms with E-state index in [4.69, 9.17) is 0 Å². The zero-order chi connectivity index (χ0) is 17.5. The van der Waals surface area contributed by atoms with Gasteiger partial charge in [0.1, 0.15) is 0 Å². The van der Waals surface area contributed by atoms with Gasteiger partial charge in [-0.1, -0.05) is 78.9 Å². The quantitative estimate of drug-likeness (QED) is 0.401. The molecule has 0 bridgehead atoms. The Labute approximate surface area is 149 Å². The molecule has 0 aliphatic heterocycles. The smallest absolute Gasteiger partial charge is 0.330 e. The van der Waals surface area contributed by atoms with E-state index in [1.165, 1.54) is 29.1 Å². The summed E-state index contributed by atoms with van der Waals surface area (Å²) in [7, 11) is 0.740. The lowest BCUT2D eigenvalue weighted by atomic mass is 10.2. The number of hydrogen-bond acceptors (Lipinski definition) is 2. The maximum atomic E-state index is 11.3. The molecule has 25 heavy (non-hydrogen) atoms. The van der Waals surface area contributed by atoms with Gasteiger partial charge >= 0.3 is 5.97 Å². The molecular weight excluding hydrogens is 327 g/mol. The molecule has 0 amide bonds. The van der Waals surface area contributed by atoms with Crippen molar-refractivity contribution in [1.82, 2.24) is 0 Å². The van der Waals surface area contributed by atoms with Crippen LogP contribution in [0.25, 0.3) is 6.08 Å². The minimum Gasteiger partial charge on any atom is -0.466 e. The first-order chi connectivity index (χ1) is 12.3. The molecule has 0 fully saturated rings. The largest absolute Gasteiger partial charge is 0.466 e. The van der Waals surface area contributed by atoms with Gasteiger partial charge < -0.3 is 4.74 Å². The van der Waals surface area contributed by atoms with Gasteiger partial charge in [-0.2, -0.15) is 0 Å². The highest BCUT2D eigenvalue weighted by Gasteiger charge is 2.15. The Bertz CT molecular complexity index is 818. The third kappa shape index (κ3) is 4.43. The third-order valence-corrected chi connectivity index (χ3v) is 6.19. The molecule has 0 aliphatic carbocycles. The molecule has 3 heteroatoms. The highest BCUT2D eigenvalue weighted by molar-refractivity contribution is 7.79. The van der Waals surface area contributed by atoms with Crippen molar-refractivity contribution < 1.29 is 9.53 Å². The predicted octanol–water partition coefficient (Wildman–Crippen LogP) is 3.63. The summed E-state index contributed by atoms with van der Waals surface area (Å²) in [4.78, 5) is 11.3. The second-order valence-corrected chi connectivity index (χ2v) is 7.68. The van der Waals surface area contributed by atoms with Gasteiger partial charge in [0.05, 0.1) is 7.11 Å². The first kappa shape index (κ1) is 17.1. The minimum atomic E-state index is -0.642. The maximum Gasteiger partial charge on any atom is 0.330 e. The molecule has 3 aromatic carbocycles. The summed E-state index contributed by atoms with van der Waals surface area (Å²) in [6, 6.07) is 29.4. The Morgan fingerprint density at radius 1 is 0.800 bits per heavy atom. The summed E-state index contributed by atoms with van der Waals surface area (Å²) in [6.45, 7) is 0. The van der Waals surface area contributed by atoms with Crippen molar-refractivity contribution in [2.24, 2.45) is 0 Å². The fourth-order valence-electron chi connectivity index (χ4n) is 2.60. The topological polar surface area (TPSA) is 26.3 Å². The van der Waals surface area contributed by atoms with Crippen molar-refractivity contribution >= 4 is 35.9 Å². The summed E-state index contributed by atoms with van der Waals surface area (Å²) in [5.74, 6) is -0.348. The third-order valence-electron chi connectivity index (χ3n) is 3.77. The zero-order valence-corrected chi connectivity index (χ0v) is 14.9. The molecule has 124 valence electrons. The van der Waals surface area contributed by atoms with E-state index in [9.17, 15) is 4.79 Å². The zero-order valence-electron chi connectivity index (χ0n) is 14.0. The van der Waals surface area contributed by atoms with Crippen LogP contribution in [0.1, 0.15) is 5.56 Å². The van der Waals surface area contributed by atoms with Crippen LogP contribution in [0, 0.1) is 0 Å². The maximum absolute atomic E-state index is 11.3. The minimum absolute atomic E-state index is 0.348. The van der Waals surface area contributed by atoms with Crippen LogP contribution in [-0.2, 0) is 9.53 Å². The Morgan fingerprint density at radius 2 is 1.36 bits per heavy atom. The number of rotatable bonds is 5. The van der Waals surface area contributed by atoms with Gasteiger partial charge in [-0.25, -0.2) is 4.79 Å².